The zero-order valence-electron chi connectivity index (χ0n) is 12.8. The van der Waals surface area contributed by atoms with Crippen molar-refractivity contribution < 1.29 is 43.3 Å². The maximum Gasteiger partial charge on any atom is 0.355 e. The topological polar surface area (TPSA) is 133 Å². The maximum atomic E-state index is 12.0. The van der Waals surface area contributed by atoms with Crippen molar-refractivity contribution in [3.8, 4) is 5.75 Å². The monoisotopic (exact) mass is 338 g/mol. The fraction of sp³-hybridized carbons (Fsp3) is 0.267. The van der Waals surface area contributed by atoms with E-state index < -0.39 is 48.1 Å². The Hall–Kier alpha value is -3.23. The highest BCUT2D eigenvalue weighted by molar-refractivity contribution is 5.96. The first-order chi connectivity index (χ1) is 11.2. The van der Waals surface area contributed by atoms with Crippen molar-refractivity contribution in [2.24, 2.45) is 0 Å². The van der Waals surface area contributed by atoms with Crippen LogP contribution in [0.25, 0.3) is 0 Å². The molecule has 1 rings (SSSR count). The molecule has 1 unspecified atom stereocenters. The van der Waals surface area contributed by atoms with Crippen molar-refractivity contribution in [1.29, 1.82) is 0 Å². The molecular weight excluding hydrogens is 324 g/mol. The van der Waals surface area contributed by atoms with Crippen LogP contribution in [0.1, 0.15) is 30.6 Å². The highest BCUT2D eigenvalue weighted by Crippen LogP contribution is 2.18. The van der Waals surface area contributed by atoms with E-state index in [1.54, 1.807) is 0 Å². The number of carbonyl (C=O) groups excluding carboxylic acids is 5. The van der Waals surface area contributed by atoms with Crippen LogP contribution in [0.5, 0.6) is 5.75 Å². The molecule has 0 fully saturated rings. The number of hydrogen-bond acceptors (Lipinski definition) is 9. The van der Waals surface area contributed by atoms with Gasteiger partial charge in [-0.3, -0.25) is 14.4 Å². The van der Waals surface area contributed by atoms with Gasteiger partial charge < -0.3 is 19.3 Å². The first-order valence-electron chi connectivity index (χ1n) is 6.63. The van der Waals surface area contributed by atoms with Gasteiger partial charge in [0.2, 0.25) is 6.10 Å². The summed E-state index contributed by atoms with van der Waals surface area (Å²) in [6.07, 6.45) is -2.67. The predicted molar refractivity (Wildman–Crippen MR) is 75.5 cm³/mol. The number of phenols is 1. The van der Waals surface area contributed by atoms with Crippen LogP contribution in [0.15, 0.2) is 24.3 Å². The highest BCUT2D eigenvalue weighted by Gasteiger charge is 2.31. The molecule has 1 atom stereocenters. The SMILES string of the molecule is CC(=O)OC(=O)CC(OC(=O)c1ccccc1O)C(=O)OC(C)=O. The second kappa shape index (κ2) is 8.42. The maximum absolute atomic E-state index is 12.0. The Bertz CT molecular complexity index is 677. The third-order valence-corrected chi connectivity index (χ3v) is 2.49. The fourth-order valence-electron chi connectivity index (χ4n) is 1.57. The highest BCUT2D eigenvalue weighted by atomic mass is 16.6. The van der Waals surface area contributed by atoms with E-state index in [2.05, 4.69) is 9.47 Å². The number of aromatic hydroxyl groups is 1. The molecule has 0 aliphatic carbocycles. The van der Waals surface area contributed by atoms with Crippen molar-refractivity contribution in [1.82, 2.24) is 0 Å². The number of esters is 5. The van der Waals surface area contributed by atoms with Crippen LogP contribution in [-0.2, 0) is 33.4 Å². The van der Waals surface area contributed by atoms with Gasteiger partial charge in [-0.2, -0.15) is 0 Å². The Morgan fingerprint density at radius 2 is 1.58 bits per heavy atom. The molecule has 9 nitrogen and oxygen atoms in total. The minimum Gasteiger partial charge on any atom is -0.507 e. The number of rotatable bonds is 5. The zero-order chi connectivity index (χ0) is 18.3. The molecule has 0 aliphatic rings. The smallest absolute Gasteiger partial charge is 0.355 e. The normalized spacial score (nSPS) is 11.1. The number of benzene rings is 1. The van der Waals surface area contributed by atoms with Gasteiger partial charge in [0.1, 0.15) is 11.3 Å². The summed E-state index contributed by atoms with van der Waals surface area (Å²) in [6.45, 7) is 1.91. The van der Waals surface area contributed by atoms with Gasteiger partial charge in [-0.15, -0.1) is 0 Å². The largest absolute Gasteiger partial charge is 0.507 e. The van der Waals surface area contributed by atoms with Crippen LogP contribution in [0.4, 0.5) is 0 Å². The summed E-state index contributed by atoms with van der Waals surface area (Å²) < 4.78 is 13.3. The van der Waals surface area contributed by atoms with E-state index in [9.17, 15) is 29.1 Å². The average Bonchev–Trinajstić information content (AvgIpc) is 2.45. The van der Waals surface area contributed by atoms with Gasteiger partial charge in [0.15, 0.2) is 0 Å². The molecule has 0 spiro atoms. The summed E-state index contributed by atoms with van der Waals surface area (Å²) in [6, 6.07) is 5.32. The molecule has 1 aromatic rings. The first-order valence-corrected chi connectivity index (χ1v) is 6.63. The van der Waals surface area contributed by atoms with E-state index >= 15 is 0 Å². The van der Waals surface area contributed by atoms with Crippen LogP contribution in [0, 0.1) is 0 Å². The quantitative estimate of drug-likeness (QED) is 0.462. The lowest BCUT2D eigenvalue weighted by atomic mass is 10.2. The summed E-state index contributed by atoms with van der Waals surface area (Å²) in [5.41, 5.74) is -0.266. The third kappa shape index (κ3) is 5.87. The van der Waals surface area contributed by atoms with Gasteiger partial charge in [0, 0.05) is 13.8 Å². The third-order valence-electron chi connectivity index (χ3n) is 2.49. The Labute approximate surface area is 136 Å². The zero-order valence-corrected chi connectivity index (χ0v) is 12.8. The summed E-state index contributed by atoms with van der Waals surface area (Å²) in [5.74, 6) is -5.92. The van der Waals surface area contributed by atoms with E-state index in [4.69, 9.17) is 4.74 Å². The number of phenolic OH excluding ortho intramolecular Hbond substituents is 1. The van der Waals surface area contributed by atoms with Crippen LogP contribution >= 0.6 is 0 Å². The van der Waals surface area contributed by atoms with Crippen LogP contribution in [0.2, 0.25) is 0 Å². The van der Waals surface area contributed by atoms with E-state index in [0.717, 1.165) is 13.8 Å². The van der Waals surface area contributed by atoms with Gasteiger partial charge >= 0.3 is 29.8 Å². The van der Waals surface area contributed by atoms with E-state index in [0.29, 0.717) is 0 Å². The van der Waals surface area contributed by atoms with Crippen LogP contribution in [-0.4, -0.2) is 41.1 Å². The second-order valence-electron chi connectivity index (χ2n) is 4.49. The lowest BCUT2D eigenvalue weighted by molar-refractivity contribution is -0.170. The lowest BCUT2D eigenvalue weighted by Crippen LogP contribution is -2.33. The van der Waals surface area contributed by atoms with Crippen molar-refractivity contribution in [3.63, 3.8) is 0 Å². The Morgan fingerprint density at radius 3 is 2.12 bits per heavy atom. The number of para-hydroxylation sites is 1. The lowest BCUT2D eigenvalue weighted by Gasteiger charge is -2.15. The molecule has 128 valence electrons. The molecule has 0 heterocycles. The van der Waals surface area contributed by atoms with Crippen molar-refractivity contribution in [2.45, 2.75) is 26.4 Å². The van der Waals surface area contributed by atoms with Gasteiger partial charge in [-0.25, -0.2) is 9.59 Å². The Balaban J connectivity index is 2.92. The molecule has 0 aliphatic heterocycles. The summed E-state index contributed by atoms with van der Waals surface area (Å²) in [4.78, 5) is 56.7. The number of carbonyl (C=O) groups is 5. The molecule has 9 heteroatoms. The van der Waals surface area contributed by atoms with Gasteiger partial charge in [-0.1, -0.05) is 12.1 Å². The number of hydrogen-bond donors (Lipinski definition) is 1. The molecule has 24 heavy (non-hydrogen) atoms. The fourth-order valence-corrected chi connectivity index (χ4v) is 1.57. The molecule has 0 radical (unpaired) electrons. The molecule has 0 bridgehead atoms. The van der Waals surface area contributed by atoms with Crippen molar-refractivity contribution in [2.75, 3.05) is 0 Å². The van der Waals surface area contributed by atoms with Gasteiger partial charge in [-0.05, 0) is 12.1 Å². The van der Waals surface area contributed by atoms with Crippen LogP contribution in [0.3, 0.4) is 0 Å². The average molecular weight is 338 g/mol. The summed E-state index contributed by atoms with van der Waals surface area (Å²) in [5, 5.41) is 9.57. The van der Waals surface area contributed by atoms with Crippen molar-refractivity contribution >= 4 is 29.8 Å². The van der Waals surface area contributed by atoms with Gasteiger partial charge in [0.05, 0.1) is 6.42 Å². The van der Waals surface area contributed by atoms with E-state index in [1.165, 1.54) is 24.3 Å². The molecule has 0 saturated heterocycles. The summed E-state index contributed by atoms with van der Waals surface area (Å²) >= 11 is 0. The molecule has 1 aromatic carbocycles. The molecule has 1 N–H and O–H groups in total. The minimum atomic E-state index is -1.83. The Morgan fingerprint density at radius 1 is 1.00 bits per heavy atom. The Kier molecular flexibility index (Phi) is 6.60. The van der Waals surface area contributed by atoms with Crippen molar-refractivity contribution in [3.05, 3.63) is 29.8 Å². The first kappa shape index (κ1) is 18.8. The molecule has 0 saturated carbocycles. The van der Waals surface area contributed by atoms with E-state index in [1.807, 2.05) is 0 Å². The van der Waals surface area contributed by atoms with E-state index in [-0.39, 0.29) is 5.56 Å². The second-order valence-corrected chi connectivity index (χ2v) is 4.49. The summed E-state index contributed by atoms with van der Waals surface area (Å²) in [7, 11) is 0. The molecular formula is C15H14O9. The standard InChI is InChI=1S/C15H14O9/c1-8(16)22-13(19)7-12(15(21)23-9(2)17)24-14(20)10-5-3-4-6-11(10)18/h3-6,12,18H,7H2,1-2H3. The number of ether oxygens (including phenoxy) is 3. The predicted octanol–water partition coefficient (Wildman–Crippen LogP) is 0.487. The minimum absolute atomic E-state index is 0.266. The van der Waals surface area contributed by atoms with Gasteiger partial charge in [0.25, 0.3) is 0 Å². The molecule has 0 aromatic heterocycles. The molecule has 0 amide bonds. The van der Waals surface area contributed by atoms with Crippen LogP contribution < -0.4 is 0 Å².